The first-order valence-corrected chi connectivity index (χ1v) is 8.28. The van der Waals surface area contributed by atoms with E-state index in [1.165, 1.54) is 18.2 Å². The van der Waals surface area contributed by atoms with Crippen LogP contribution in [0.25, 0.3) is 0 Å². The number of hydrogen-bond acceptors (Lipinski definition) is 3. The van der Waals surface area contributed by atoms with E-state index in [9.17, 15) is 9.18 Å². The number of pyridine rings is 1. The molecule has 1 unspecified atom stereocenters. The Morgan fingerprint density at radius 2 is 2.12 bits per heavy atom. The number of ether oxygens (including phenoxy) is 1. The highest BCUT2D eigenvalue weighted by atomic mass is 35.5. The summed E-state index contributed by atoms with van der Waals surface area (Å²) in [5.74, 6) is 0.329. The molecule has 1 aromatic heterocycles. The van der Waals surface area contributed by atoms with Crippen molar-refractivity contribution in [1.82, 2.24) is 9.88 Å². The van der Waals surface area contributed by atoms with E-state index in [0.717, 1.165) is 18.6 Å². The van der Waals surface area contributed by atoms with Crippen molar-refractivity contribution in [2.24, 2.45) is 5.92 Å². The van der Waals surface area contributed by atoms with Gasteiger partial charge in [-0.25, -0.2) is 4.39 Å². The lowest BCUT2D eigenvalue weighted by atomic mass is 9.98. The van der Waals surface area contributed by atoms with Crippen LogP contribution in [0.3, 0.4) is 0 Å². The number of halogens is 2. The first-order valence-electron chi connectivity index (χ1n) is 7.90. The Morgan fingerprint density at radius 3 is 2.88 bits per heavy atom. The summed E-state index contributed by atoms with van der Waals surface area (Å²) in [5, 5.41) is 0.230. The predicted octanol–water partition coefficient (Wildman–Crippen LogP) is 3.81. The first-order chi connectivity index (χ1) is 11.6. The van der Waals surface area contributed by atoms with E-state index >= 15 is 0 Å². The fraction of sp³-hybridized carbons (Fsp3) is 0.333. The topological polar surface area (TPSA) is 42.4 Å². The molecule has 1 amide bonds. The molecule has 24 heavy (non-hydrogen) atoms. The van der Waals surface area contributed by atoms with E-state index in [2.05, 4.69) is 4.98 Å². The van der Waals surface area contributed by atoms with Crippen molar-refractivity contribution in [2.75, 3.05) is 19.7 Å². The molecule has 4 nitrogen and oxygen atoms in total. The Kier molecular flexibility index (Phi) is 5.30. The summed E-state index contributed by atoms with van der Waals surface area (Å²) in [6.45, 7) is 1.80. The van der Waals surface area contributed by atoms with E-state index < -0.39 is 5.82 Å². The average molecular weight is 349 g/mol. The number of carbonyl (C=O) groups is 1. The third-order valence-corrected chi connectivity index (χ3v) is 4.27. The largest absolute Gasteiger partial charge is 0.493 e. The van der Waals surface area contributed by atoms with Crippen LogP contribution < -0.4 is 4.74 Å². The van der Waals surface area contributed by atoms with Crippen molar-refractivity contribution in [1.29, 1.82) is 0 Å². The minimum atomic E-state index is -0.500. The Hall–Kier alpha value is -2.14. The number of carbonyl (C=O) groups excluding carboxylic acids is 1. The van der Waals surface area contributed by atoms with Crippen LogP contribution in [0, 0.1) is 11.7 Å². The normalized spacial score (nSPS) is 17.6. The summed E-state index contributed by atoms with van der Waals surface area (Å²) in [6.07, 6.45) is 5.26. The van der Waals surface area contributed by atoms with Crippen molar-refractivity contribution in [3.63, 3.8) is 0 Å². The Labute approximate surface area is 145 Å². The Balaban J connectivity index is 1.61. The van der Waals surface area contributed by atoms with E-state index in [4.69, 9.17) is 16.3 Å². The molecule has 1 saturated heterocycles. The van der Waals surface area contributed by atoms with Crippen LogP contribution >= 0.6 is 11.6 Å². The molecular formula is C18H18ClFN2O2. The number of hydrogen-bond donors (Lipinski definition) is 0. The summed E-state index contributed by atoms with van der Waals surface area (Å²) >= 11 is 5.84. The van der Waals surface area contributed by atoms with Gasteiger partial charge < -0.3 is 9.64 Å². The average Bonchev–Trinajstić information content (AvgIpc) is 2.59. The smallest absolute Gasteiger partial charge is 0.254 e. The van der Waals surface area contributed by atoms with Crippen LogP contribution in [0.4, 0.5) is 4.39 Å². The SMILES string of the molecule is O=C(c1cc(F)cc(Cl)c1)N1CCCC(COc2ccncc2)C1. The van der Waals surface area contributed by atoms with Gasteiger partial charge >= 0.3 is 0 Å². The highest BCUT2D eigenvalue weighted by Crippen LogP contribution is 2.22. The second-order valence-electron chi connectivity index (χ2n) is 5.91. The zero-order chi connectivity index (χ0) is 16.9. The fourth-order valence-electron chi connectivity index (χ4n) is 2.89. The molecule has 3 rings (SSSR count). The van der Waals surface area contributed by atoms with E-state index in [1.54, 1.807) is 29.4 Å². The third-order valence-electron chi connectivity index (χ3n) is 4.05. The molecule has 0 spiro atoms. The Morgan fingerprint density at radius 1 is 1.33 bits per heavy atom. The number of benzene rings is 1. The minimum Gasteiger partial charge on any atom is -0.493 e. The molecule has 1 aliphatic heterocycles. The number of aromatic nitrogens is 1. The summed E-state index contributed by atoms with van der Waals surface area (Å²) in [5.41, 5.74) is 0.288. The molecular weight excluding hydrogens is 331 g/mol. The van der Waals surface area contributed by atoms with E-state index in [1.807, 2.05) is 0 Å². The van der Waals surface area contributed by atoms with E-state index in [-0.39, 0.29) is 22.4 Å². The monoisotopic (exact) mass is 348 g/mol. The highest BCUT2D eigenvalue weighted by molar-refractivity contribution is 6.31. The van der Waals surface area contributed by atoms with Gasteiger partial charge in [-0.3, -0.25) is 9.78 Å². The third kappa shape index (κ3) is 4.23. The van der Waals surface area contributed by atoms with Crippen molar-refractivity contribution in [2.45, 2.75) is 12.8 Å². The summed E-state index contributed by atoms with van der Waals surface area (Å²) in [7, 11) is 0. The molecule has 0 radical (unpaired) electrons. The van der Waals surface area contributed by atoms with Gasteiger partial charge in [0.25, 0.3) is 5.91 Å². The number of piperidine rings is 1. The maximum absolute atomic E-state index is 13.5. The lowest BCUT2D eigenvalue weighted by molar-refractivity contribution is 0.0633. The molecule has 6 heteroatoms. The molecule has 0 aliphatic carbocycles. The summed E-state index contributed by atoms with van der Waals surface area (Å²) < 4.78 is 19.2. The molecule has 2 heterocycles. The maximum Gasteiger partial charge on any atom is 0.254 e. The molecule has 126 valence electrons. The van der Waals surface area contributed by atoms with Crippen molar-refractivity contribution >= 4 is 17.5 Å². The number of amides is 1. The second-order valence-corrected chi connectivity index (χ2v) is 6.35. The number of rotatable bonds is 4. The van der Waals surface area contributed by atoms with Crippen LogP contribution in [0.1, 0.15) is 23.2 Å². The van der Waals surface area contributed by atoms with Gasteiger partial charge in [-0.15, -0.1) is 0 Å². The van der Waals surface area contributed by atoms with Crippen LogP contribution in [-0.2, 0) is 0 Å². The van der Waals surface area contributed by atoms with Crippen LogP contribution in [0.5, 0.6) is 5.75 Å². The lowest BCUT2D eigenvalue weighted by Gasteiger charge is -2.32. The lowest BCUT2D eigenvalue weighted by Crippen LogP contribution is -2.41. The number of nitrogens with zero attached hydrogens (tertiary/aromatic N) is 2. The minimum absolute atomic E-state index is 0.190. The van der Waals surface area contributed by atoms with Crippen LogP contribution in [-0.4, -0.2) is 35.5 Å². The van der Waals surface area contributed by atoms with Gasteiger partial charge in [-0.05, 0) is 43.2 Å². The standard InChI is InChI=1S/C18H18ClFN2O2/c19-15-8-14(9-16(20)10-15)18(23)22-7-1-2-13(11-22)12-24-17-3-5-21-6-4-17/h3-6,8-10,13H,1-2,7,11-12H2. The molecule has 1 fully saturated rings. The van der Waals surface area contributed by atoms with Crippen molar-refractivity contribution in [3.8, 4) is 5.75 Å². The summed E-state index contributed by atoms with van der Waals surface area (Å²) in [4.78, 5) is 18.3. The zero-order valence-corrected chi connectivity index (χ0v) is 13.9. The predicted molar refractivity (Wildman–Crippen MR) is 89.8 cm³/mol. The van der Waals surface area contributed by atoms with Gasteiger partial charge in [0, 0.05) is 42.0 Å². The van der Waals surface area contributed by atoms with Gasteiger partial charge in [-0.1, -0.05) is 11.6 Å². The fourth-order valence-corrected chi connectivity index (χ4v) is 3.12. The van der Waals surface area contributed by atoms with Crippen molar-refractivity contribution in [3.05, 3.63) is 59.1 Å². The van der Waals surface area contributed by atoms with Crippen LogP contribution in [0.15, 0.2) is 42.7 Å². The zero-order valence-electron chi connectivity index (χ0n) is 13.1. The van der Waals surface area contributed by atoms with E-state index in [0.29, 0.717) is 19.7 Å². The quantitative estimate of drug-likeness (QED) is 0.844. The van der Waals surface area contributed by atoms with Crippen LogP contribution in [0.2, 0.25) is 5.02 Å². The molecule has 0 saturated carbocycles. The van der Waals surface area contributed by atoms with Gasteiger partial charge in [0.05, 0.1) is 6.61 Å². The van der Waals surface area contributed by atoms with Gasteiger partial charge in [-0.2, -0.15) is 0 Å². The summed E-state index contributed by atoms with van der Waals surface area (Å²) in [6, 6.07) is 7.54. The molecule has 1 aromatic carbocycles. The molecule has 2 aromatic rings. The second kappa shape index (κ2) is 7.62. The highest BCUT2D eigenvalue weighted by Gasteiger charge is 2.25. The molecule has 0 N–H and O–H groups in total. The molecule has 1 atom stereocenters. The first kappa shape index (κ1) is 16.7. The van der Waals surface area contributed by atoms with Gasteiger partial charge in [0.1, 0.15) is 11.6 Å². The van der Waals surface area contributed by atoms with Gasteiger partial charge in [0.15, 0.2) is 0 Å². The molecule has 0 bridgehead atoms. The maximum atomic E-state index is 13.5. The Bertz CT molecular complexity index is 691. The number of likely N-dealkylation sites (tertiary alicyclic amines) is 1. The molecule has 1 aliphatic rings. The van der Waals surface area contributed by atoms with Gasteiger partial charge in [0.2, 0.25) is 0 Å². The van der Waals surface area contributed by atoms with Crippen molar-refractivity contribution < 1.29 is 13.9 Å².